The predicted molar refractivity (Wildman–Crippen MR) is 90.0 cm³/mol. The van der Waals surface area contributed by atoms with Gasteiger partial charge in [-0.1, -0.05) is 19.9 Å². The third-order valence-electron chi connectivity index (χ3n) is 4.01. The number of nitrogens with two attached hydrogens (primary N) is 1. The second-order valence-corrected chi connectivity index (χ2v) is 5.56. The fourth-order valence-corrected chi connectivity index (χ4v) is 2.99. The molecule has 2 heterocycles. The van der Waals surface area contributed by atoms with Gasteiger partial charge in [-0.3, -0.25) is 4.98 Å². The second kappa shape index (κ2) is 7.56. The molecular formula is C18H26N2O2. The Hall–Kier alpha value is -1.65. The van der Waals surface area contributed by atoms with Crippen molar-refractivity contribution in [3.8, 4) is 5.75 Å². The Morgan fingerprint density at radius 3 is 2.73 bits per heavy atom. The molecule has 1 fully saturated rings. The first kappa shape index (κ1) is 16.7. The van der Waals surface area contributed by atoms with E-state index in [2.05, 4.69) is 30.1 Å². The van der Waals surface area contributed by atoms with Crippen molar-refractivity contribution in [3.63, 3.8) is 0 Å². The molecule has 3 rings (SSSR count). The van der Waals surface area contributed by atoms with Crippen LogP contribution in [0.1, 0.15) is 50.8 Å². The zero-order valence-corrected chi connectivity index (χ0v) is 13.9. The number of ether oxygens (including phenoxy) is 1. The minimum atomic E-state index is 0.325. The van der Waals surface area contributed by atoms with Crippen LogP contribution in [0.25, 0.3) is 10.9 Å². The topological polar surface area (TPSA) is 57.4 Å². The molecule has 0 saturated carbocycles. The van der Waals surface area contributed by atoms with Crippen LogP contribution in [0, 0.1) is 6.92 Å². The average Bonchev–Trinajstić information content (AvgIpc) is 2.55. The standard InChI is InChI=1S/C16H20N2O2.C2H6/c1-10-7-16(20-17)14-9-12(3-4-15(14)18-10)13-5-6-19-11(2)8-13;1-2/h3-4,7,9,11,13H,5-6,8,17H2,1-2H3;1-2H3. The lowest BCUT2D eigenvalue weighted by Gasteiger charge is -2.27. The Balaban J connectivity index is 0.000000847. The van der Waals surface area contributed by atoms with Gasteiger partial charge >= 0.3 is 0 Å². The first-order valence-corrected chi connectivity index (χ1v) is 8.07. The molecule has 22 heavy (non-hydrogen) atoms. The van der Waals surface area contributed by atoms with Crippen LogP contribution in [0.4, 0.5) is 0 Å². The lowest BCUT2D eigenvalue weighted by Crippen LogP contribution is -2.21. The minimum absolute atomic E-state index is 0.325. The van der Waals surface area contributed by atoms with Gasteiger partial charge in [0.1, 0.15) is 0 Å². The summed E-state index contributed by atoms with van der Waals surface area (Å²) in [6, 6.07) is 8.25. The van der Waals surface area contributed by atoms with Gasteiger partial charge in [-0.15, -0.1) is 0 Å². The van der Waals surface area contributed by atoms with Gasteiger partial charge in [0.05, 0.1) is 11.6 Å². The largest absolute Gasteiger partial charge is 0.411 e. The van der Waals surface area contributed by atoms with Gasteiger partial charge in [0.15, 0.2) is 5.75 Å². The summed E-state index contributed by atoms with van der Waals surface area (Å²) in [7, 11) is 0. The highest BCUT2D eigenvalue weighted by molar-refractivity contribution is 5.86. The highest BCUT2D eigenvalue weighted by Crippen LogP contribution is 2.33. The van der Waals surface area contributed by atoms with E-state index in [1.807, 2.05) is 26.8 Å². The number of pyridine rings is 1. The van der Waals surface area contributed by atoms with Crippen LogP contribution in [0.15, 0.2) is 24.3 Å². The van der Waals surface area contributed by atoms with Crippen molar-refractivity contribution in [1.29, 1.82) is 0 Å². The number of nitrogens with zero attached hydrogens (tertiary/aromatic N) is 1. The van der Waals surface area contributed by atoms with Crippen molar-refractivity contribution in [2.75, 3.05) is 6.61 Å². The molecule has 4 nitrogen and oxygen atoms in total. The lowest BCUT2D eigenvalue weighted by atomic mass is 9.88. The van der Waals surface area contributed by atoms with E-state index in [4.69, 9.17) is 15.5 Å². The number of hydrogen-bond donors (Lipinski definition) is 1. The summed E-state index contributed by atoms with van der Waals surface area (Å²) in [6.07, 6.45) is 2.45. The summed E-state index contributed by atoms with van der Waals surface area (Å²) in [6.45, 7) is 8.90. The van der Waals surface area contributed by atoms with Crippen molar-refractivity contribution in [2.24, 2.45) is 5.90 Å². The third kappa shape index (κ3) is 3.57. The Morgan fingerprint density at radius 1 is 1.27 bits per heavy atom. The molecule has 1 aromatic heterocycles. The maximum absolute atomic E-state index is 5.62. The van der Waals surface area contributed by atoms with Gasteiger partial charge in [0, 0.05) is 23.8 Å². The monoisotopic (exact) mass is 302 g/mol. The molecule has 0 radical (unpaired) electrons. The fraction of sp³-hybridized carbons (Fsp3) is 0.500. The molecule has 2 unspecified atom stereocenters. The number of fused-ring (bicyclic) bond motifs is 1. The van der Waals surface area contributed by atoms with Crippen molar-refractivity contribution < 1.29 is 9.57 Å². The van der Waals surface area contributed by atoms with Gasteiger partial charge in [0.2, 0.25) is 0 Å². The number of aromatic nitrogens is 1. The first-order chi connectivity index (χ1) is 10.7. The molecule has 0 aliphatic carbocycles. The molecule has 0 spiro atoms. The number of rotatable bonds is 2. The van der Waals surface area contributed by atoms with Crippen molar-refractivity contribution in [1.82, 2.24) is 4.98 Å². The number of hydrogen-bond acceptors (Lipinski definition) is 4. The van der Waals surface area contributed by atoms with E-state index in [1.165, 1.54) is 5.56 Å². The van der Waals surface area contributed by atoms with E-state index in [-0.39, 0.29) is 0 Å². The highest BCUT2D eigenvalue weighted by Gasteiger charge is 2.21. The predicted octanol–water partition coefficient (Wildman–Crippen LogP) is 4.10. The summed E-state index contributed by atoms with van der Waals surface area (Å²) in [5.41, 5.74) is 3.15. The summed E-state index contributed by atoms with van der Waals surface area (Å²) in [4.78, 5) is 9.53. The SMILES string of the molecule is CC.Cc1cc(ON)c2cc(C3CCOC(C)C3)ccc2n1. The van der Waals surface area contributed by atoms with Crippen LogP contribution in [0.5, 0.6) is 5.75 Å². The van der Waals surface area contributed by atoms with Crippen LogP contribution in [-0.2, 0) is 4.74 Å². The fourth-order valence-electron chi connectivity index (χ4n) is 2.99. The number of benzene rings is 1. The van der Waals surface area contributed by atoms with E-state index in [0.717, 1.165) is 36.0 Å². The van der Waals surface area contributed by atoms with E-state index in [0.29, 0.717) is 17.8 Å². The molecule has 2 aromatic rings. The van der Waals surface area contributed by atoms with Crippen molar-refractivity contribution >= 4 is 10.9 Å². The van der Waals surface area contributed by atoms with Crippen LogP contribution in [0.3, 0.4) is 0 Å². The van der Waals surface area contributed by atoms with Crippen LogP contribution in [0.2, 0.25) is 0 Å². The zero-order valence-electron chi connectivity index (χ0n) is 13.9. The van der Waals surface area contributed by atoms with E-state index in [9.17, 15) is 0 Å². The van der Waals surface area contributed by atoms with Gasteiger partial charge in [-0.25, -0.2) is 0 Å². The maximum Gasteiger partial charge on any atom is 0.158 e. The normalized spacial score (nSPS) is 21.1. The molecule has 1 saturated heterocycles. The van der Waals surface area contributed by atoms with E-state index >= 15 is 0 Å². The molecule has 0 amide bonds. The molecule has 120 valence electrons. The molecule has 1 aliphatic heterocycles. The molecule has 2 atom stereocenters. The summed E-state index contributed by atoms with van der Waals surface area (Å²) < 4.78 is 5.62. The van der Waals surface area contributed by atoms with Gasteiger partial charge in [0.25, 0.3) is 0 Å². The van der Waals surface area contributed by atoms with Crippen LogP contribution < -0.4 is 10.7 Å². The molecule has 4 heteroatoms. The van der Waals surface area contributed by atoms with Crippen LogP contribution >= 0.6 is 0 Å². The smallest absolute Gasteiger partial charge is 0.158 e. The maximum atomic E-state index is 5.62. The lowest BCUT2D eigenvalue weighted by molar-refractivity contribution is 0.0186. The highest BCUT2D eigenvalue weighted by atomic mass is 16.6. The number of aryl methyl sites for hydroxylation is 1. The molecular weight excluding hydrogens is 276 g/mol. The van der Waals surface area contributed by atoms with Gasteiger partial charge < -0.3 is 9.57 Å². The van der Waals surface area contributed by atoms with Gasteiger partial charge in [-0.05, 0) is 50.3 Å². The van der Waals surface area contributed by atoms with Gasteiger partial charge in [-0.2, -0.15) is 5.90 Å². The van der Waals surface area contributed by atoms with Crippen LogP contribution in [-0.4, -0.2) is 17.7 Å². The Morgan fingerprint density at radius 2 is 2.05 bits per heavy atom. The Labute approximate surface area is 132 Å². The van der Waals surface area contributed by atoms with Crippen molar-refractivity contribution in [3.05, 3.63) is 35.5 Å². The molecule has 2 N–H and O–H groups in total. The molecule has 1 aromatic carbocycles. The molecule has 0 bridgehead atoms. The summed E-state index contributed by atoms with van der Waals surface area (Å²) >= 11 is 0. The zero-order chi connectivity index (χ0) is 16.1. The Kier molecular flexibility index (Phi) is 5.75. The van der Waals surface area contributed by atoms with Crippen molar-refractivity contribution in [2.45, 2.75) is 52.6 Å². The summed E-state index contributed by atoms with van der Waals surface area (Å²) in [5.74, 6) is 6.61. The first-order valence-electron chi connectivity index (χ1n) is 8.07. The van der Waals surface area contributed by atoms with E-state index < -0.39 is 0 Å². The average molecular weight is 302 g/mol. The van der Waals surface area contributed by atoms with E-state index in [1.54, 1.807) is 0 Å². The third-order valence-corrected chi connectivity index (χ3v) is 4.01. The summed E-state index contributed by atoms with van der Waals surface area (Å²) in [5, 5.41) is 0.981. The minimum Gasteiger partial charge on any atom is -0.411 e. The molecule has 1 aliphatic rings. The second-order valence-electron chi connectivity index (χ2n) is 5.56. The quantitative estimate of drug-likeness (QED) is 0.848. The Bertz CT molecular complexity index is 628.